The third-order valence-corrected chi connectivity index (χ3v) is 3.35. The molecule has 1 saturated heterocycles. The van der Waals surface area contributed by atoms with Gasteiger partial charge in [0, 0.05) is 6.04 Å². The third-order valence-electron chi connectivity index (χ3n) is 2.88. The van der Waals surface area contributed by atoms with Gasteiger partial charge in [-0.3, -0.25) is 4.79 Å². The number of pyridine rings is 1. The second-order valence-corrected chi connectivity index (χ2v) is 4.98. The zero-order valence-corrected chi connectivity index (χ0v) is 11.7. The quantitative estimate of drug-likeness (QED) is 0.825. The van der Waals surface area contributed by atoms with Crippen molar-refractivity contribution >= 4 is 27.5 Å². The van der Waals surface area contributed by atoms with E-state index in [-0.39, 0.29) is 17.9 Å². The maximum Gasteiger partial charge on any atom is 0.231 e. The molecule has 1 aliphatic rings. The topological polar surface area (TPSA) is 63.2 Å². The van der Waals surface area contributed by atoms with Gasteiger partial charge in [-0.1, -0.05) is 6.92 Å². The molecule has 0 aliphatic carbocycles. The van der Waals surface area contributed by atoms with Crippen LogP contribution in [0.5, 0.6) is 0 Å². The molecule has 0 spiro atoms. The average molecular weight is 314 g/mol. The van der Waals surface area contributed by atoms with E-state index in [2.05, 4.69) is 31.5 Å². The van der Waals surface area contributed by atoms with Crippen molar-refractivity contribution in [2.75, 3.05) is 25.1 Å². The van der Waals surface area contributed by atoms with Crippen LogP contribution in [0.2, 0.25) is 0 Å². The summed E-state index contributed by atoms with van der Waals surface area (Å²) < 4.78 is 6.10. The fraction of sp³-hybridized carbons (Fsp3) is 0.500. The second kappa shape index (κ2) is 6.26. The van der Waals surface area contributed by atoms with Gasteiger partial charge >= 0.3 is 0 Å². The number of carbonyl (C=O) groups is 1. The van der Waals surface area contributed by atoms with Crippen molar-refractivity contribution in [1.82, 2.24) is 10.3 Å². The van der Waals surface area contributed by atoms with Gasteiger partial charge in [-0.05, 0) is 34.6 Å². The molecular formula is C12H16BrN3O2. The van der Waals surface area contributed by atoms with Gasteiger partial charge in [0.05, 0.1) is 31.0 Å². The lowest BCUT2D eigenvalue weighted by atomic mass is 10.0. The molecular weight excluding hydrogens is 298 g/mol. The maximum absolute atomic E-state index is 12.1. The number of hydrogen-bond donors (Lipinski definition) is 2. The van der Waals surface area contributed by atoms with Crippen molar-refractivity contribution in [3.8, 4) is 0 Å². The highest BCUT2D eigenvalue weighted by molar-refractivity contribution is 9.10. The molecule has 2 N–H and O–H groups in total. The fourth-order valence-electron chi connectivity index (χ4n) is 1.96. The molecule has 0 saturated carbocycles. The molecule has 2 unspecified atom stereocenters. The standard InChI is InChI=1S/C12H16BrN3O2/c1-2-14-10-7-18-6-9(10)12(17)16-8-3-4-11(13)15-5-8/h3-5,9-10,14H,2,6-7H2,1H3,(H,16,17). The van der Waals surface area contributed by atoms with Crippen LogP contribution in [0.4, 0.5) is 5.69 Å². The molecule has 2 rings (SSSR count). The zero-order chi connectivity index (χ0) is 13.0. The van der Waals surface area contributed by atoms with Crippen LogP contribution in [-0.4, -0.2) is 36.7 Å². The Bertz CT molecular complexity index is 410. The van der Waals surface area contributed by atoms with E-state index in [0.717, 1.165) is 11.1 Å². The molecule has 98 valence electrons. The van der Waals surface area contributed by atoms with E-state index in [1.807, 2.05) is 13.0 Å². The van der Waals surface area contributed by atoms with Crippen LogP contribution in [0.15, 0.2) is 22.9 Å². The van der Waals surface area contributed by atoms with Gasteiger partial charge in [0.15, 0.2) is 0 Å². The van der Waals surface area contributed by atoms with Crippen LogP contribution in [0.1, 0.15) is 6.92 Å². The molecule has 1 aromatic rings. The van der Waals surface area contributed by atoms with Crippen LogP contribution >= 0.6 is 15.9 Å². The van der Waals surface area contributed by atoms with Crippen molar-refractivity contribution in [3.05, 3.63) is 22.9 Å². The highest BCUT2D eigenvalue weighted by atomic mass is 79.9. The molecule has 5 nitrogen and oxygen atoms in total. The van der Waals surface area contributed by atoms with Crippen LogP contribution < -0.4 is 10.6 Å². The van der Waals surface area contributed by atoms with E-state index in [9.17, 15) is 4.79 Å². The molecule has 1 fully saturated rings. The summed E-state index contributed by atoms with van der Waals surface area (Å²) in [6.45, 7) is 3.90. The Morgan fingerprint density at radius 3 is 3.06 bits per heavy atom. The lowest BCUT2D eigenvalue weighted by molar-refractivity contribution is -0.120. The van der Waals surface area contributed by atoms with Gasteiger partial charge in [0.2, 0.25) is 5.91 Å². The Morgan fingerprint density at radius 2 is 2.39 bits per heavy atom. The van der Waals surface area contributed by atoms with Gasteiger partial charge in [-0.25, -0.2) is 4.98 Å². The molecule has 0 aromatic carbocycles. The first-order chi connectivity index (χ1) is 8.70. The van der Waals surface area contributed by atoms with Crippen LogP contribution in [0, 0.1) is 5.92 Å². The number of nitrogens with zero attached hydrogens (tertiary/aromatic N) is 1. The van der Waals surface area contributed by atoms with Crippen molar-refractivity contribution in [3.63, 3.8) is 0 Å². The van der Waals surface area contributed by atoms with Crippen molar-refractivity contribution in [2.45, 2.75) is 13.0 Å². The normalized spacial score (nSPS) is 23.0. The Labute approximate surface area is 114 Å². The summed E-state index contributed by atoms with van der Waals surface area (Å²) in [7, 11) is 0. The van der Waals surface area contributed by atoms with Crippen molar-refractivity contribution < 1.29 is 9.53 Å². The Kier molecular flexibility index (Phi) is 4.68. The lowest BCUT2D eigenvalue weighted by Gasteiger charge is -2.17. The highest BCUT2D eigenvalue weighted by Gasteiger charge is 2.33. The lowest BCUT2D eigenvalue weighted by Crippen LogP contribution is -2.41. The van der Waals surface area contributed by atoms with E-state index in [4.69, 9.17) is 4.74 Å². The van der Waals surface area contributed by atoms with Gasteiger partial charge in [0.1, 0.15) is 4.60 Å². The van der Waals surface area contributed by atoms with E-state index < -0.39 is 0 Å². The first-order valence-corrected chi connectivity index (χ1v) is 6.73. The molecule has 1 amide bonds. The van der Waals surface area contributed by atoms with E-state index in [1.54, 1.807) is 12.3 Å². The minimum Gasteiger partial charge on any atom is -0.379 e. The number of likely N-dealkylation sites (N-methyl/N-ethyl adjacent to an activating group) is 1. The Hall–Kier alpha value is -0.980. The Balaban J connectivity index is 1.96. The van der Waals surface area contributed by atoms with Crippen LogP contribution in [0.3, 0.4) is 0 Å². The van der Waals surface area contributed by atoms with Crippen molar-refractivity contribution in [1.29, 1.82) is 0 Å². The zero-order valence-electron chi connectivity index (χ0n) is 10.1. The summed E-state index contributed by atoms with van der Waals surface area (Å²) in [5, 5.41) is 6.12. The monoisotopic (exact) mass is 313 g/mol. The minimum absolute atomic E-state index is 0.0254. The highest BCUT2D eigenvalue weighted by Crippen LogP contribution is 2.17. The number of halogens is 1. The van der Waals surface area contributed by atoms with Gasteiger partial charge < -0.3 is 15.4 Å². The molecule has 1 aromatic heterocycles. The number of ether oxygens (including phenoxy) is 1. The summed E-state index contributed by atoms with van der Waals surface area (Å²) >= 11 is 3.25. The number of aromatic nitrogens is 1. The SMILES string of the molecule is CCNC1COCC1C(=O)Nc1ccc(Br)nc1. The average Bonchev–Trinajstić information content (AvgIpc) is 2.81. The summed E-state index contributed by atoms with van der Waals surface area (Å²) in [4.78, 5) is 16.2. The predicted molar refractivity (Wildman–Crippen MR) is 72.3 cm³/mol. The largest absolute Gasteiger partial charge is 0.379 e. The number of anilines is 1. The van der Waals surface area contributed by atoms with E-state index in [1.165, 1.54) is 0 Å². The third kappa shape index (κ3) is 3.28. The van der Waals surface area contributed by atoms with Crippen molar-refractivity contribution in [2.24, 2.45) is 5.92 Å². The molecule has 1 aliphatic heterocycles. The smallest absolute Gasteiger partial charge is 0.231 e. The van der Waals surface area contributed by atoms with E-state index >= 15 is 0 Å². The van der Waals surface area contributed by atoms with Crippen LogP contribution in [0.25, 0.3) is 0 Å². The van der Waals surface area contributed by atoms with Gasteiger partial charge in [-0.2, -0.15) is 0 Å². The van der Waals surface area contributed by atoms with Gasteiger partial charge in [0.25, 0.3) is 0 Å². The van der Waals surface area contributed by atoms with Crippen LogP contribution in [-0.2, 0) is 9.53 Å². The summed E-state index contributed by atoms with van der Waals surface area (Å²) in [5.41, 5.74) is 0.699. The number of hydrogen-bond acceptors (Lipinski definition) is 4. The first kappa shape index (κ1) is 13.5. The molecule has 0 bridgehead atoms. The number of nitrogens with one attached hydrogen (secondary N) is 2. The van der Waals surface area contributed by atoms with Gasteiger partial charge in [-0.15, -0.1) is 0 Å². The maximum atomic E-state index is 12.1. The predicted octanol–water partition coefficient (Wildman–Crippen LogP) is 1.41. The molecule has 18 heavy (non-hydrogen) atoms. The summed E-state index contributed by atoms with van der Waals surface area (Å²) in [6, 6.07) is 3.70. The minimum atomic E-state index is -0.145. The molecule has 0 radical (unpaired) electrons. The molecule has 2 heterocycles. The first-order valence-electron chi connectivity index (χ1n) is 5.94. The summed E-state index contributed by atoms with van der Waals surface area (Å²) in [6.07, 6.45) is 1.63. The molecule has 6 heteroatoms. The summed E-state index contributed by atoms with van der Waals surface area (Å²) in [5.74, 6) is -0.170. The fourth-order valence-corrected chi connectivity index (χ4v) is 2.20. The second-order valence-electron chi connectivity index (χ2n) is 4.17. The number of carbonyl (C=O) groups excluding carboxylic acids is 1. The number of amides is 1. The van der Waals surface area contributed by atoms with E-state index in [0.29, 0.717) is 18.9 Å². The number of rotatable bonds is 4. The molecule has 2 atom stereocenters. The Morgan fingerprint density at radius 1 is 1.56 bits per heavy atom.